The Balaban J connectivity index is 1.44. The van der Waals surface area contributed by atoms with Crippen LogP contribution in [0.3, 0.4) is 0 Å². The molecule has 3 heterocycles. The molecule has 1 aliphatic heterocycles. The Kier molecular flexibility index (Phi) is 5.25. The second-order valence-electron chi connectivity index (χ2n) is 6.86. The van der Waals surface area contributed by atoms with E-state index in [-0.39, 0.29) is 0 Å². The first kappa shape index (κ1) is 19.4. The highest BCUT2D eigenvalue weighted by Gasteiger charge is 2.29. The van der Waals surface area contributed by atoms with E-state index < -0.39 is 10.0 Å². The lowest BCUT2D eigenvalue weighted by molar-refractivity contribution is 0.383. The summed E-state index contributed by atoms with van der Waals surface area (Å²) in [5, 5.41) is 8.57. The van der Waals surface area contributed by atoms with Crippen molar-refractivity contribution < 1.29 is 13.2 Å². The van der Waals surface area contributed by atoms with E-state index >= 15 is 0 Å². The largest absolute Gasteiger partial charge is 0.496 e. The van der Waals surface area contributed by atoms with E-state index in [1.807, 2.05) is 48.1 Å². The number of anilines is 1. The maximum Gasteiger partial charge on any atom is 0.243 e. The van der Waals surface area contributed by atoms with Gasteiger partial charge in [-0.3, -0.25) is 0 Å². The van der Waals surface area contributed by atoms with Crippen LogP contribution < -0.4 is 9.64 Å². The zero-order valence-electron chi connectivity index (χ0n) is 16.4. The van der Waals surface area contributed by atoms with Crippen LogP contribution in [0.15, 0.2) is 59.8 Å². The normalized spacial score (nSPS) is 15.4. The molecule has 3 aromatic rings. The van der Waals surface area contributed by atoms with Crippen molar-refractivity contribution in [3.05, 3.63) is 60.4 Å². The fourth-order valence-electron chi connectivity index (χ4n) is 3.43. The van der Waals surface area contributed by atoms with Crippen molar-refractivity contribution in [2.45, 2.75) is 11.8 Å². The first-order valence-corrected chi connectivity index (χ1v) is 10.8. The summed E-state index contributed by atoms with van der Waals surface area (Å²) in [7, 11) is -1.97. The summed E-state index contributed by atoms with van der Waals surface area (Å²) in [6.45, 7) is 3.76. The Morgan fingerprint density at radius 1 is 0.931 bits per heavy atom. The molecule has 0 saturated carbocycles. The third kappa shape index (κ3) is 3.83. The summed E-state index contributed by atoms with van der Waals surface area (Å²) in [4.78, 5) is 2.35. The maximum atomic E-state index is 13.0. The van der Waals surface area contributed by atoms with Crippen LogP contribution in [-0.4, -0.2) is 60.8 Å². The zero-order chi connectivity index (χ0) is 20.4. The molecule has 4 rings (SSSR count). The van der Waals surface area contributed by atoms with Gasteiger partial charge in [-0.2, -0.15) is 4.31 Å². The second kappa shape index (κ2) is 7.84. The fourth-order valence-corrected chi connectivity index (χ4v) is 4.94. The number of rotatable bonds is 5. The Hall–Kier alpha value is -2.91. The van der Waals surface area contributed by atoms with E-state index in [9.17, 15) is 8.42 Å². The van der Waals surface area contributed by atoms with Gasteiger partial charge < -0.3 is 14.2 Å². The van der Waals surface area contributed by atoms with Crippen molar-refractivity contribution in [3.8, 4) is 11.6 Å². The van der Waals surface area contributed by atoms with Gasteiger partial charge in [0.15, 0.2) is 11.6 Å². The van der Waals surface area contributed by atoms with Gasteiger partial charge in [0.05, 0.1) is 12.0 Å². The zero-order valence-corrected chi connectivity index (χ0v) is 17.2. The van der Waals surface area contributed by atoms with Gasteiger partial charge in [0.25, 0.3) is 0 Å². The lowest BCUT2D eigenvalue weighted by atomic mass is 10.2. The average molecular weight is 414 g/mol. The van der Waals surface area contributed by atoms with Gasteiger partial charge in [-0.1, -0.05) is 0 Å². The van der Waals surface area contributed by atoms with Gasteiger partial charge in [0.2, 0.25) is 10.0 Å². The SMILES string of the molecule is COc1ccc(S(=O)(=O)N2CCN(c3ccc(-n4cccc4)nn3)CC2)cc1C. The molecular weight excluding hydrogens is 390 g/mol. The van der Waals surface area contributed by atoms with E-state index in [0.29, 0.717) is 36.8 Å². The van der Waals surface area contributed by atoms with E-state index in [4.69, 9.17) is 4.74 Å². The van der Waals surface area contributed by atoms with Crippen LogP contribution in [0.5, 0.6) is 5.75 Å². The van der Waals surface area contributed by atoms with E-state index in [1.54, 1.807) is 25.3 Å². The quantitative estimate of drug-likeness (QED) is 0.637. The number of benzene rings is 1. The molecule has 9 heteroatoms. The molecule has 0 atom stereocenters. The number of piperazine rings is 1. The van der Waals surface area contributed by atoms with Crippen LogP contribution in [0.4, 0.5) is 5.82 Å². The van der Waals surface area contributed by atoms with Gasteiger partial charge in [-0.15, -0.1) is 10.2 Å². The molecular formula is C20H23N5O3S. The number of sulfonamides is 1. The minimum Gasteiger partial charge on any atom is -0.496 e. The van der Waals surface area contributed by atoms with Gasteiger partial charge in [-0.25, -0.2) is 8.42 Å². The third-order valence-corrected chi connectivity index (χ3v) is 6.97. The number of ether oxygens (including phenoxy) is 1. The van der Waals surface area contributed by atoms with Gasteiger partial charge >= 0.3 is 0 Å². The molecule has 8 nitrogen and oxygen atoms in total. The van der Waals surface area contributed by atoms with Crippen molar-refractivity contribution in [1.29, 1.82) is 0 Å². The van der Waals surface area contributed by atoms with Crippen LogP contribution in [0.25, 0.3) is 5.82 Å². The number of hydrogen-bond donors (Lipinski definition) is 0. The fraction of sp³-hybridized carbons (Fsp3) is 0.300. The highest BCUT2D eigenvalue weighted by Crippen LogP contribution is 2.25. The van der Waals surface area contributed by atoms with Crippen molar-refractivity contribution >= 4 is 15.8 Å². The molecule has 0 spiro atoms. The van der Waals surface area contributed by atoms with Crippen LogP contribution >= 0.6 is 0 Å². The molecule has 0 bridgehead atoms. The van der Waals surface area contributed by atoms with Crippen molar-refractivity contribution in [3.63, 3.8) is 0 Å². The van der Waals surface area contributed by atoms with Crippen LogP contribution in [0.1, 0.15) is 5.56 Å². The smallest absolute Gasteiger partial charge is 0.243 e. The molecule has 0 N–H and O–H groups in total. The van der Waals surface area contributed by atoms with Crippen LogP contribution in [0, 0.1) is 6.92 Å². The minimum atomic E-state index is -3.54. The van der Waals surface area contributed by atoms with Gasteiger partial charge in [0.1, 0.15) is 5.75 Å². The lowest BCUT2D eigenvalue weighted by Crippen LogP contribution is -2.49. The van der Waals surface area contributed by atoms with E-state index in [1.165, 1.54) is 4.31 Å². The molecule has 152 valence electrons. The first-order valence-electron chi connectivity index (χ1n) is 9.36. The molecule has 29 heavy (non-hydrogen) atoms. The standard InChI is InChI=1S/C20H23N5O3S/c1-16-15-17(5-6-18(16)28-2)29(26,27)25-13-11-24(12-14-25)20-8-7-19(21-22-20)23-9-3-4-10-23/h3-10,15H,11-14H2,1-2H3. The minimum absolute atomic E-state index is 0.292. The molecule has 1 fully saturated rings. The number of aromatic nitrogens is 3. The summed E-state index contributed by atoms with van der Waals surface area (Å²) < 4.78 is 34.6. The predicted molar refractivity (Wildman–Crippen MR) is 110 cm³/mol. The molecule has 1 aromatic carbocycles. The Morgan fingerprint density at radius 2 is 1.59 bits per heavy atom. The number of nitrogens with zero attached hydrogens (tertiary/aromatic N) is 5. The molecule has 2 aromatic heterocycles. The lowest BCUT2D eigenvalue weighted by Gasteiger charge is -2.34. The molecule has 0 unspecified atom stereocenters. The Morgan fingerprint density at radius 3 is 2.17 bits per heavy atom. The van der Waals surface area contributed by atoms with Crippen molar-refractivity contribution in [1.82, 2.24) is 19.1 Å². The van der Waals surface area contributed by atoms with Gasteiger partial charge in [-0.05, 0) is 55.0 Å². The summed E-state index contributed by atoms with van der Waals surface area (Å²) in [5.74, 6) is 2.17. The molecule has 1 saturated heterocycles. The molecule has 1 aliphatic rings. The Bertz CT molecular complexity index is 1070. The molecule has 0 radical (unpaired) electrons. The van der Waals surface area contributed by atoms with E-state index in [2.05, 4.69) is 15.1 Å². The number of methoxy groups -OCH3 is 1. The monoisotopic (exact) mass is 413 g/mol. The highest BCUT2D eigenvalue weighted by molar-refractivity contribution is 7.89. The van der Waals surface area contributed by atoms with E-state index in [0.717, 1.165) is 17.2 Å². The summed E-state index contributed by atoms with van der Waals surface area (Å²) in [5.41, 5.74) is 0.797. The first-order chi connectivity index (χ1) is 14.0. The third-order valence-electron chi connectivity index (χ3n) is 5.07. The maximum absolute atomic E-state index is 13.0. The predicted octanol–water partition coefficient (Wildman–Crippen LogP) is 2.10. The number of aryl methyl sites for hydroxylation is 1. The Labute approximate surface area is 170 Å². The van der Waals surface area contributed by atoms with Crippen LogP contribution in [-0.2, 0) is 10.0 Å². The van der Waals surface area contributed by atoms with Gasteiger partial charge in [0, 0.05) is 38.6 Å². The topological polar surface area (TPSA) is 80.6 Å². The van der Waals surface area contributed by atoms with Crippen molar-refractivity contribution in [2.24, 2.45) is 0 Å². The molecule has 0 aliphatic carbocycles. The van der Waals surface area contributed by atoms with Crippen LogP contribution in [0.2, 0.25) is 0 Å². The van der Waals surface area contributed by atoms with Crippen molar-refractivity contribution in [2.75, 3.05) is 38.2 Å². The molecule has 0 amide bonds. The second-order valence-corrected chi connectivity index (χ2v) is 8.80. The number of hydrogen-bond acceptors (Lipinski definition) is 6. The summed E-state index contributed by atoms with van der Waals surface area (Å²) in [6.07, 6.45) is 3.82. The summed E-state index contributed by atoms with van der Waals surface area (Å²) >= 11 is 0. The summed E-state index contributed by atoms with van der Waals surface area (Å²) in [6, 6.07) is 12.6. The highest BCUT2D eigenvalue weighted by atomic mass is 32.2. The average Bonchev–Trinajstić information content (AvgIpc) is 3.29.